The van der Waals surface area contributed by atoms with Crippen molar-refractivity contribution in [2.24, 2.45) is 23.2 Å². The lowest BCUT2D eigenvalue weighted by atomic mass is 9.94. The summed E-state index contributed by atoms with van der Waals surface area (Å²) in [4.78, 5) is 39.3. The molecule has 0 radical (unpaired) electrons. The number of piperidine rings is 1. The predicted octanol–water partition coefficient (Wildman–Crippen LogP) is 1.51. The van der Waals surface area contributed by atoms with Crippen molar-refractivity contribution in [3.8, 4) is 0 Å². The van der Waals surface area contributed by atoms with Crippen molar-refractivity contribution in [2.75, 3.05) is 32.0 Å². The molecule has 1 saturated carbocycles. The highest BCUT2D eigenvalue weighted by Gasteiger charge is 2.55. The van der Waals surface area contributed by atoms with Crippen molar-refractivity contribution < 1.29 is 39.9 Å². The number of hydrogen-bond acceptors (Lipinski definition) is 9. The average Bonchev–Trinajstić information content (AvgIpc) is 3.34. The Morgan fingerprint density at radius 3 is 2.26 bits per heavy atom. The number of carboxylic acid groups (broad SMARTS) is 2. The van der Waals surface area contributed by atoms with E-state index in [1.54, 1.807) is 18.3 Å². The number of aliphatic carboxylic acids is 2. The molecule has 7 N–H and O–H groups in total. The van der Waals surface area contributed by atoms with Gasteiger partial charge in [-0.15, -0.1) is 0 Å². The molecule has 2 aliphatic rings. The Balaban J connectivity index is 0.000000342. The standard InChI is InChI=1S/C22H28ClN3O2.C4H6O6/c1-22(2,12-27)11-26-9-16-13(17(16)10-26)5-6-19(28)15-8-18(23)20(24)14-4-3-7-25-21(14)15;5-1(3(7)8)2(6)4(9)10/h3-4,7-8,13,16-17,27H,5-6,9-12,24H2,1-2H3;1-2,5-6H,(H,7,8)(H,9,10). The number of aliphatic hydroxyl groups excluding tert-OH is 3. The topological polar surface area (TPSA) is 195 Å². The number of nitrogen functional groups attached to an aromatic ring is 1. The Morgan fingerprint density at radius 2 is 1.74 bits per heavy atom. The molecular weight excluding hydrogens is 518 g/mol. The van der Waals surface area contributed by atoms with Gasteiger partial charge in [-0.05, 0) is 42.4 Å². The molecule has 4 rings (SSSR count). The van der Waals surface area contributed by atoms with Crippen LogP contribution < -0.4 is 5.73 Å². The van der Waals surface area contributed by atoms with Crippen LogP contribution in [0.5, 0.6) is 0 Å². The van der Waals surface area contributed by atoms with Crippen LogP contribution in [0.1, 0.15) is 37.0 Å². The van der Waals surface area contributed by atoms with Gasteiger partial charge in [-0.1, -0.05) is 25.4 Å². The molecule has 1 aliphatic heterocycles. The maximum absolute atomic E-state index is 12.9. The second-order valence-corrected chi connectivity index (χ2v) is 11.2. The first-order valence-electron chi connectivity index (χ1n) is 12.3. The second-order valence-electron chi connectivity index (χ2n) is 10.8. The van der Waals surface area contributed by atoms with Crippen LogP contribution >= 0.6 is 11.6 Å². The number of benzene rings is 1. The lowest BCUT2D eigenvalue weighted by Gasteiger charge is -2.29. The normalized spacial score (nSPS) is 22.2. The van der Waals surface area contributed by atoms with Crippen LogP contribution in [0.3, 0.4) is 0 Å². The van der Waals surface area contributed by atoms with Crippen LogP contribution in [0, 0.1) is 23.2 Å². The van der Waals surface area contributed by atoms with E-state index in [2.05, 4.69) is 23.7 Å². The van der Waals surface area contributed by atoms with E-state index < -0.39 is 24.1 Å². The number of carbonyl (C=O) groups is 3. The molecule has 4 unspecified atom stereocenters. The number of pyridine rings is 1. The number of rotatable bonds is 10. The lowest BCUT2D eigenvalue weighted by Crippen LogP contribution is -2.39. The third-order valence-corrected chi connectivity index (χ3v) is 7.53. The largest absolute Gasteiger partial charge is 0.479 e. The van der Waals surface area contributed by atoms with E-state index in [4.69, 9.17) is 37.8 Å². The molecule has 2 aromatic rings. The number of anilines is 1. The van der Waals surface area contributed by atoms with Gasteiger partial charge in [-0.25, -0.2) is 9.59 Å². The fourth-order valence-electron chi connectivity index (χ4n) is 5.10. The predicted molar refractivity (Wildman–Crippen MR) is 140 cm³/mol. The summed E-state index contributed by atoms with van der Waals surface area (Å²) in [6.07, 6.45) is -1.41. The van der Waals surface area contributed by atoms with E-state index in [0.29, 0.717) is 46.0 Å². The highest BCUT2D eigenvalue weighted by atomic mass is 35.5. The van der Waals surface area contributed by atoms with Gasteiger partial charge in [0.25, 0.3) is 0 Å². The van der Waals surface area contributed by atoms with Gasteiger partial charge in [0.15, 0.2) is 18.0 Å². The molecule has 208 valence electrons. The van der Waals surface area contributed by atoms with Crippen molar-refractivity contribution in [2.45, 2.75) is 38.9 Å². The van der Waals surface area contributed by atoms with E-state index in [-0.39, 0.29) is 17.8 Å². The molecule has 38 heavy (non-hydrogen) atoms. The highest BCUT2D eigenvalue weighted by Crippen LogP contribution is 2.54. The number of halogens is 1. The number of fused-ring (bicyclic) bond motifs is 2. The minimum Gasteiger partial charge on any atom is -0.479 e. The number of hydrogen-bond donors (Lipinski definition) is 6. The summed E-state index contributed by atoms with van der Waals surface area (Å²) >= 11 is 6.24. The summed E-state index contributed by atoms with van der Waals surface area (Å²) in [7, 11) is 0. The molecule has 0 spiro atoms. The molecule has 11 nitrogen and oxygen atoms in total. The molecule has 0 amide bonds. The second kappa shape index (κ2) is 11.9. The summed E-state index contributed by atoms with van der Waals surface area (Å²) in [6, 6.07) is 5.33. The zero-order chi connectivity index (χ0) is 28.4. The number of aliphatic hydroxyl groups is 3. The molecule has 12 heteroatoms. The van der Waals surface area contributed by atoms with E-state index in [0.717, 1.165) is 31.4 Å². The maximum atomic E-state index is 12.9. The summed E-state index contributed by atoms with van der Waals surface area (Å²) in [5.74, 6) is -1.40. The van der Waals surface area contributed by atoms with E-state index in [1.165, 1.54) is 0 Å². The molecule has 4 atom stereocenters. The molecule has 2 heterocycles. The van der Waals surface area contributed by atoms with Crippen molar-refractivity contribution >= 4 is 45.9 Å². The number of Topliss-reactive ketones (excluding diaryl/α,β-unsaturated/α-hetero) is 1. The average molecular weight is 552 g/mol. The van der Waals surface area contributed by atoms with Crippen LogP contribution in [0.2, 0.25) is 5.02 Å². The SMILES string of the molecule is CC(C)(CO)CN1CC2C(CCC(=O)c3cc(Cl)c(N)c4cccnc34)C2C1.O=C(O)C(O)C(O)C(=O)O. The fourth-order valence-corrected chi connectivity index (χ4v) is 5.31. The smallest absolute Gasteiger partial charge is 0.335 e. The zero-order valence-corrected chi connectivity index (χ0v) is 22.0. The Bertz CT molecular complexity index is 1180. The maximum Gasteiger partial charge on any atom is 0.335 e. The molecule has 1 saturated heterocycles. The van der Waals surface area contributed by atoms with Crippen LogP contribution in [-0.2, 0) is 9.59 Å². The number of carbonyl (C=O) groups excluding carboxylic acids is 1. The van der Waals surface area contributed by atoms with Gasteiger partial charge in [0.2, 0.25) is 0 Å². The summed E-state index contributed by atoms with van der Waals surface area (Å²) in [5, 5.41) is 43.1. The first-order valence-corrected chi connectivity index (χ1v) is 12.7. The van der Waals surface area contributed by atoms with E-state index in [9.17, 15) is 19.5 Å². The van der Waals surface area contributed by atoms with Crippen LogP contribution in [0.25, 0.3) is 10.9 Å². The number of nitrogens with two attached hydrogens (primary N) is 1. The lowest BCUT2D eigenvalue weighted by molar-refractivity contribution is -0.165. The first-order chi connectivity index (χ1) is 17.8. The molecular formula is C26H34ClN3O8. The van der Waals surface area contributed by atoms with Crippen molar-refractivity contribution in [3.05, 3.63) is 35.0 Å². The van der Waals surface area contributed by atoms with Gasteiger partial charge in [0.1, 0.15) is 0 Å². The van der Waals surface area contributed by atoms with Crippen LogP contribution in [0.15, 0.2) is 24.4 Å². The number of ketones is 1. The van der Waals surface area contributed by atoms with Gasteiger partial charge in [0.05, 0.1) is 16.2 Å². The minimum atomic E-state index is -2.27. The molecule has 1 aromatic heterocycles. The first kappa shape index (κ1) is 29.7. The van der Waals surface area contributed by atoms with Gasteiger partial charge in [-0.3, -0.25) is 9.78 Å². The quantitative estimate of drug-likeness (QED) is 0.185. The number of aromatic nitrogens is 1. The Morgan fingerprint density at radius 1 is 1.16 bits per heavy atom. The minimum absolute atomic E-state index is 0.0509. The number of likely N-dealkylation sites (tertiary alicyclic amines) is 1. The van der Waals surface area contributed by atoms with Gasteiger partial charge in [-0.2, -0.15) is 0 Å². The zero-order valence-electron chi connectivity index (χ0n) is 21.2. The molecule has 1 aromatic carbocycles. The summed E-state index contributed by atoms with van der Waals surface area (Å²) in [5.41, 5.74) is 7.69. The molecule has 2 fully saturated rings. The molecule has 1 aliphatic carbocycles. The van der Waals surface area contributed by atoms with Crippen LogP contribution in [0.4, 0.5) is 5.69 Å². The van der Waals surface area contributed by atoms with E-state index in [1.807, 2.05) is 6.07 Å². The number of carboxylic acids is 2. The van der Waals surface area contributed by atoms with Crippen molar-refractivity contribution in [1.82, 2.24) is 9.88 Å². The summed E-state index contributed by atoms with van der Waals surface area (Å²) < 4.78 is 0. The third kappa shape index (κ3) is 6.78. The van der Waals surface area contributed by atoms with Crippen molar-refractivity contribution in [3.63, 3.8) is 0 Å². The third-order valence-electron chi connectivity index (χ3n) is 7.22. The van der Waals surface area contributed by atoms with E-state index >= 15 is 0 Å². The van der Waals surface area contributed by atoms with Gasteiger partial charge < -0.3 is 36.2 Å². The Hall–Kier alpha value is -2.83. The molecule has 0 bridgehead atoms. The fraction of sp³-hybridized carbons (Fsp3) is 0.538. The number of nitrogens with zero attached hydrogens (tertiary/aromatic N) is 2. The van der Waals surface area contributed by atoms with Crippen LogP contribution in [-0.4, -0.2) is 91.6 Å². The summed E-state index contributed by atoms with van der Waals surface area (Å²) in [6.45, 7) is 7.52. The van der Waals surface area contributed by atoms with Gasteiger partial charge in [0, 0.05) is 55.2 Å². The van der Waals surface area contributed by atoms with Gasteiger partial charge >= 0.3 is 11.9 Å². The highest BCUT2D eigenvalue weighted by molar-refractivity contribution is 6.35. The van der Waals surface area contributed by atoms with Crippen molar-refractivity contribution in [1.29, 1.82) is 0 Å². The Labute approximate surface area is 224 Å². The monoisotopic (exact) mass is 551 g/mol. The Kier molecular flexibility index (Phi) is 9.32.